The number of halogens is 2. The highest BCUT2D eigenvalue weighted by molar-refractivity contribution is 14.1. The minimum absolute atomic E-state index is 0.109. The van der Waals surface area contributed by atoms with E-state index >= 15 is 0 Å². The maximum absolute atomic E-state index is 11.8. The van der Waals surface area contributed by atoms with Crippen LogP contribution in [-0.4, -0.2) is 21.5 Å². The first kappa shape index (κ1) is 15.2. The van der Waals surface area contributed by atoms with Gasteiger partial charge in [0.15, 0.2) is 9.84 Å². The first-order valence-electron chi connectivity index (χ1n) is 5.07. The Morgan fingerprint density at radius 1 is 1.41 bits per heavy atom. The van der Waals surface area contributed by atoms with Gasteiger partial charge in [-0.15, -0.1) is 0 Å². The largest absolute Gasteiger partial charge is 0.385 e. The van der Waals surface area contributed by atoms with E-state index in [9.17, 15) is 13.5 Å². The Bertz CT molecular complexity index is 482. The Morgan fingerprint density at radius 2 is 1.88 bits per heavy atom. The van der Waals surface area contributed by atoms with Crippen LogP contribution in [-0.2, 0) is 9.84 Å². The third-order valence-corrected chi connectivity index (χ3v) is 7.83. The summed E-state index contributed by atoms with van der Waals surface area (Å²) in [6.07, 6.45) is -1.25. The maximum Gasteiger partial charge on any atom is 0.225 e. The fourth-order valence-electron chi connectivity index (χ4n) is 1.31. The first-order chi connectivity index (χ1) is 7.72. The summed E-state index contributed by atoms with van der Waals surface area (Å²) >= 11 is 7.59. The summed E-state index contributed by atoms with van der Waals surface area (Å²) in [6.45, 7) is 3.42. The molecule has 1 N–H and O–H groups in total. The smallest absolute Gasteiger partial charge is 0.225 e. The normalized spacial score (nSPS) is 17.5. The molecule has 0 bridgehead atoms. The molecule has 0 aliphatic rings. The Morgan fingerprint density at radius 3 is 2.29 bits per heavy atom. The molecule has 1 aromatic carbocycles. The summed E-state index contributed by atoms with van der Waals surface area (Å²) in [5.41, 5.74) is 1.53. The highest BCUT2D eigenvalue weighted by atomic mass is 127. The molecule has 0 unspecified atom stereocenters. The van der Waals surface area contributed by atoms with E-state index in [0.29, 0.717) is 5.56 Å². The van der Waals surface area contributed by atoms with Crippen molar-refractivity contribution in [3.8, 4) is 0 Å². The molecule has 0 saturated heterocycles. The fourth-order valence-corrected chi connectivity index (χ4v) is 3.91. The highest BCUT2D eigenvalue weighted by Gasteiger charge is 2.45. The second-order valence-electron chi connectivity index (χ2n) is 3.78. The number of alkyl halides is 2. The molecule has 0 radical (unpaired) electrons. The van der Waals surface area contributed by atoms with Crippen LogP contribution in [0.3, 0.4) is 0 Å². The molecule has 0 spiro atoms. The van der Waals surface area contributed by atoms with Crippen molar-refractivity contribution >= 4 is 44.0 Å². The van der Waals surface area contributed by atoms with E-state index in [1.54, 1.807) is 46.9 Å². The van der Waals surface area contributed by atoms with Gasteiger partial charge in [0.1, 0.15) is 6.10 Å². The molecular weight excluding hydrogens is 375 g/mol. The summed E-state index contributed by atoms with van der Waals surface area (Å²) in [4.78, 5) is 0. The average molecular weight is 389 g/mol. The number of aliphatic hydroxyl groups is 1. The summed E-state index contributed by atoms with van der Waals surface area (Å²) in [7, 11) is -3.55. The van der Waals surface area contributed by atoms with E-state index in [0.717, 1.165) is 5.56 Å². The molecule has 1 aromatic rings. The van der Waals surface area contributed by atoms with E-state index in [-0.39, 0.29) is 5.75 Å². The van der Waals surface area contributed by atoms with Gasteiger partial charge >= 0.3 is 0 Å². The first-order valence-corrected chi connectivity index (χ1v) is 8.18. The van der Waals surface area contributed by atoms with Crippen molar-refractivity contribution < 1.29 is 13.5 Å². The Hall–Kier alpha value is 0.150. The molecule has 96 valence electrons. The summed E-state index contributed by atoms with van der Waals surface area (Å²) in [5, 5.41) is 10.1. The Labute approximate surface area is 120 Å². The molecule has 0 saturated carbocycles. The molecule has 0 aliphatic carbocycles. The van der Waals surface area contributed by atoms with Gasteiger partial charge in [0.05, 0.1) is 5.75 Å². The van der Waals surface area contributed by atoms with Crippen molar-refractivity contribution in [3.63, 3.8) is 0 Å². The zero-order valence-corrected chi connectivity index (χ0v) is 13.3. The van der Waals surface area contributed by atoms with E-state index in [4.69, 9.17) is 11.6 Å². The van der Waals surface area contributed by atoms with Crippen molar-refractivity contribution in [1.29, 1.82) is 0 Å². The van der Waals surface area contributed by atoms with Crippen LogP contribution in [0.25, 0.3) is 0 Å². The van der Waals surface area contributed by atoms with Gasteiger partial charge in [0.2, 0.25) is 2.21 Å². The Kier molecular flexibility index (Phi) is 4.85. The number of benzene rings is 1. The minimum atomic E-state index is -3.55. The quantitative estimate of drug-likeness (QED) is 0.637. The molecular formula is C11H14ClIO3S. The SMILES string of the molecule is CCS(=O)(=O)[C@](Cl)(I)[C@H](O)c1ccc(C)cc1. The zero-order chi connectivity index (χ0) is 13.3. The van der Waals surface area contributed by atoms with E-state index in [1.807, 2.05) is 6.92 Å². The van der Waals surface area contributed by atoms with Crippen LogP contribution in [0.15, 0.2) is 24.3 Å². The lowest BCUT2D eigenvalue weighted by Crippen LogP contribution is -2.34. The van der Waals surface area contributed by atoms with Gasteiger partial charge in [-0.3, -0.25) is 0 Å². The number of hydrogen-bond donors (Lipinski definition) is 1. The van der Waals surface area contributed by atoms with Crippen LogP contribution in [0.5, 0.6) is 0 Å². The third kappa shape index (κ3) is 3.13. The van der Waals surface area contributed by atoms with Crippen molar-refractivity contribution in [2.75, 3.05) is 5.75 Å². The van der Waals surface area contributed by atoms with E-state index < -0.39 is 18.2 Å². The molecule has 0 aliphatic heterocycles. The van der Waals surface area contributed by atoms with Crippen LogP contribution in [0.1, 0.15) is 24.2 Å². The summed E-state index contributed by atoms with van der Waals surface area (Å²) < 4.78 is 21.9. The number of rotatable bonds is 4. The van der Waals surface area contributed by atoms with Crippen molar-refractivity contribution in [3.05, 3.63) is 35.4 Å². The molecule has 0 amide bonds. The molecule has 17 heavy (non-hydrogen) atoms. The number of aryl methyl sites for hydroxylation is 1. The van der Waals surface area contributed by atoms with Gasteiger partial charge in [-0.05, 0) is 35.1 Å². The van der Waals surface area contributed by atoms with Gasteiger partial charge in [-0.1, -0.05) is 48.4 Å². The highest BCUT2D eigenvalue weighted by Crippen LogP contribution is 2.43. The maximum atomic E-state index is 11.8. The predicted octanol–water partition coefficient (Wildman–Crippen LogP) is 2.79. The molecule has 1 rings (SSSR count). The lowest BCUT2D eigenvalue weighted by Gasteiger charge is -2.26. The average Bonchev–Trinajstić information content (AvgIpc) is 2.28. The monoisotopic (exact) mass is 388 g/mol. The number of aliphatic hydroxyl groups excluding tert-OH is 1. The standard InChI is InChI=1S/C11H14ClIO3S/c1-3-17(15,16)11(12,13)10(14)9-6-4-8(2)5-7-9/h4-7,10,14H,3H2,1-2H3/t10-,11-/m1/s1. The second-order valence-corrected chi connectivity index (χ2v) is 10.1. The van der Waals surface area contributed by atoms with E-state index in [2.05, 4.69) is 0 Å². The molecule has 0 fully saturated rings. The predicted molar refractivity (Wildman–Crippen MR) is 78.2 cm³/mol. The number of hydrogen-bond acceptors (Lipinski definition) is 3. The van der Waals surface area contributed by atoms with Crippen molar-refractivity contribution in [1.82, 2.24) is 0 Å². The van der Waals surface area contributed by atoms with Crippen LogP contribution in [0.4, 0.5) is 0 Å². The van der Waals surface area contributed by atoms with E-state index in [1.165, 1.54) is 6.92 Å². The lowest BCUT2D eigenvalue weighted by molar-refractivity contribution is 0.187. The van der Waals surface area contributed by atoms with Crippen LogP contribution >= 0.6 is 34.2 Å². The minimum Gasteiger partial charge on any atom is -0.385 e. The van der Waals surface area contributed by atoms with Crippen LogP contribution in [0, 0.1) is 6.92 Å². The van der Waals surface area contributed by atoms with Crippen molar-refractivity contribution in [2.45, 2.75) is 22.2 Å². The summed E-state index contributed by atoms with van der Waals surface area (Å²) in [5.74, 6) is -0.109. The van der Waals surface area contributed by atoms with Crippen molar-refractivity contribution in [2.24, 2.45) is 0 Å². The fraction of sp³-hybridized carbons (Fsp3) is 0.455. The number of sulfone groups is 1. The molecule has 0 heterocycles. The van der Waals surface area contributed by atoms with Crippen LogP contribution < -0.4 is 0 Å². The third-order valence-electron chi connectivity index (χ3n) is 2.51. The topological polar surface area (TPSA) is 54.4 Å². The van der Waals surface area contributed by atoms with Gasteiger partial charge in [-0.2, -0.15) is 0 Å². The molecule has 0 aromatic heterocycles. The van der Waals surface area contributed by atoms with Gasteiger partial charge in [0, 0.05) is 0 Å². The van der Waals surface area contributed by atoms with Gasteiger partial charge in [0.25, 0.3) is 0 Å². The van der Waals surface area contributed by atoms with Gasteiger partial charge in [-0.25, -0.2) is 8.42 Å². The molecule has 6 heteroatoms. The lowest BCUT2D eigenvalue weighted by atomic mass is 10.1. The molecule has 3 nitrogen and oxygen atoms in total. The zero-order valence-electron chi connectivity index (χ0n) is 9.52. The van der Waals surface area contributed by atoms with Gasteiger partial charge < -0.3 is 5.11 Å². The van der Waals surface area contributed by atoms with Crippen LogP contribution in [0.2, 0.25) is 0 Å². The second kappa shape index (κ2) is 5.42. The molecule has 2 atom stereocenters. The summed E-state index contributed by atoms with van der Waals surface area (Å²) in [6, 6.07) is 6.98. The Balaban J connectivity index is 3.12.